The average Bonchev–Trinajstić information content (AvgIpc) is 2.04. The summed E-state index contributed by atoms with van der Waals surface area (Å²) in [6.07, 6.45) is 0. The highest BCUT2D eigenvalue weighted by Gasteiger charge is 2.07. The lowest BCUT2D eigenvalue weighted by molar-refractivity contribution is 0.108. The van der Waals surface area contributed by atoms with Gasteiger partial charge in [0.05, 0.1) is 5.69 Å². The van der Waals surface area contributed by atoms with Gasteiger partial charge < -0.3 is 0 Å². The monoisotopic (exact) mass is 215 g/mol. The van der Waals surface area contributed by atoms with Crippen molar-refractivity contribution in [1.82, 2.24) is 0 Å². The summed E-state index contributed by atoms with van der Waals surface area (Å²) < 4.78 is 0. The summed E-state index contributed by atoms with van der Waals surface area (Å²) in [7, 11) is 0. The maximum atomic E-state index is 10.8. The van der Waals surface area contributed by atoms with Crippen molar-refractivity contribution < 1.29 is 4.79 Å². The maximum Gasteiger partial charge on any atom is 0.252 e. The SMILES string of the molecule is [N-]=[N+]=Nc1cc(Cl)ccc1C(=O)Cl. The Morgan fingerprint density at radius 3 is 2.77 bits per heavy atom. The van der Waals surface area contributed by atoms with E-state index < -0.39 is 5.24 Å². The van der Waals surface area contributed by atoms with Crippen molar-refractivity contribution in [2.45, 2.75) is 0 Å². The number of carbonyl (C=O) groups is 1. The number of carbonyl (C=O) groups excluding carboxylic acids is 1. The van der Waals surface area contributed by atoms with Gasteiger partial charge in [-0.2, -0.15) is 0 Å². The summed E-state index contributed by atoms with van der Waals surface area (Å²) >= 11 is 10.9. The number of hydrogen-bond donors (Lipinski definition) is 0. The zero-order chi connectivity index (χ0) is 9.84. The second-order valence-electron chi connectivity index (χ2n) is 2.12. The van der Waals surface area contributed by atoms with Crippen molar-refractivity contribution in [3.63, 3.8) is 0 Å². The van der Waals surface area contributed by atoms with E-state index in [1.165, 1.54) is 18.2 Å². The Kier molecular flexibility index (Phi) is 3.14. The molecule has 4 nitrogen and oxygen atoms in total. The van der Waals surface area contributed by atoms with Crippen molar-refractivity contribution in [2.24, 2.45) is 5.11 Å². The van der Waals surface area contributed by atoms with E-state index in [-0.39, 0.29) is 11.3 Å². The van der Waals surface area contributed by atoms with Crippen LogP contribution < -0.4 is 0 Å². The fourth-order valence-corrected chi connectivity index (χ4v) is 1.13. The first-order valence-electron chi connectivity index (χ1n) is 3.19. The molecule has 0 radical (unpaired) electrons. The fourth-order valence-electron chi connectivity index (χ4n) is 0.802. The summed E-state index contributed by atoms with van der Waals surface area (Å²) in [5.41, 5.74) is 8.45. The molecule has 0 spiro atoms. The predicted molar refractivity (Wildman–Crippen MR) is 50.4 cm³/mol. The topological polar surface area (TPSA) is 65.8 Å². The van der Waals surface area contributed by atoms with Gasteiger partial charge in [0.25, 0.3) is 5.24 Å². The van der Waals surface area contributed by atoms with Gasteiger partial charge in [0, 0.05) is 15.5 Å². The summed E-state index contributed by atoms with van der Waals surface area (Å²) in [6, 6.07) is 4.27. The molecule has 0 saturated heterocycles. The van der Waals surface area contributed by atoms with Crippen molar-refractivity contribution >= 4 is 34.1 Å². The van der Waals surface area contributed by atoms with Crippen molar-refractivity contribution in [3.05, 3.63) is 39.2 Å². The Bertz CT molecular complexity index is 399. The molecule has 0 unspecified atom stereocenters. The fraction of sp³-hybridized carbons (Fsp3) is 0. The molecule has 66 valence electrons. The second-order valence-corrected chi connectivity index (χ2v) is 2.90. The molecule has 1 aromatic rings. The lowest BCUT2D eigenvalue weighted by Gasteiger charge is -1.98. The quantitative estimate of drug-likeness (QED) is 0.322. The molecule has 0 heterocycles. The highest BCUT2D eigenvalue weighted by Crippen LogP contribution is 2.25. The predicted octanol–water partition coefficient (Wildman–Crippen LogP) is 3.66. The van der Waals surface area contributed by atoms with E-state index in [2.05, 4.69) is 10.0 Å². The zero-order valence-corrected chi connectivity index (χ0v) is 7.75. The third-order valence-corrected chi connectivity index (χ3v) is 1.76. The van der Waals surface area contributed by atoms with E-state index in [1.807, 2.05) is 0 Å². The molecule has 0 aliphatic heterocycles. The largest absolute Gasteiger partial charge is 0.276 e. The van der Waals surface area contributed by atoms with Gasteiger partial charge in [0.15, 0.2) is 0 Å². The van der Waals surface area contributed by atoms with Gasteiger partial charge >= 0.3 is 0 Å². The number of halogens is 2. The van der Waals surface area contributed by atoms with Crippen LogP contribution in [-0.4, -0.2) is 5.24 Å². The highest BCUT2D eigenvalue weighted by atomic mass is 35.5. The number of rotatable bonds is 2. The van der Waals surface area contributed by atoms with Crippen LogP contribution in [0.4, 0.5) is 5.69 Å². The van der Waals surface area contributed by atoms with E-state index >= 15 is 0 Å². The molecule has 0 atom stereocenters. The number of benzene rings is 1. The Morgan fingerprint density at radius 2 is 2.23 bits per heavy atom. The summed E-state index contributed by atoms with van der Waals surface area (Å²) in [5, 5.41) is 2.98. The van der Waals surface area contributed by atoms with Gasteiger partial charge in [-0.15, -0.1) is 0 Å². The van der Waals surface area contributed by atoms with E-state index in [0.29, 0.717) is 5.02 Å². The molecule has 0 aliphatic carbocycles. The molecule has 1 aromatic carbocycles. The zero-order valence-electron chi connectivity index (χ0n) is 6.24. The Balaban J connectivity index is 3.34. The van der Waals surface area contributed by atoms with Gasteiger partial charge in [0.1, 0.15) is 0 Å². The minimum atomic E-state index is -0.681. The van der Waals surface area contributed by atoms with E-state index in [1.54, 1.807) is 0 Å². The number of hydrogen-bond acceptors (Lipinski definition) is 2. The first-order valence-corrected chi connectivity index (χ1v) is 3.95. The highest BCUT2D eigenvalue weighted by molar-refractivity contribution is 6.68. The Labute approximate surface area is 83.7 Å². The molecule has 0 N–H and O–H groups in total. The Morgan fingerprint density at radius 1 is 1.54 bits per heavy atom. The standard InChI is InChI=1S/C7H3Cl2N3O/c8-4-1-2-5(7(9)13)6(3-4)11-12-10/h1-3H. The van der Waals surface area contributed by atoms with Crippen LogP contribution in [0.3, 0.4) is 0 Å². The van der Waals surface area contributed by atoms with E-state index in [4.69, 9.17) is 28.7 Å². The third-order valence-electron chi connectivity index (χ3n) is 1.32. The van der Waals surface area contributed by atoms with Crippen molar-refractivity contribution in [3.8, 4) is 0 Å². The molecule has 0 amide bonds. The normalized spacial score (nSPS) is 9.08. The molecular formula is C7H3Cl2N3O. The Hall–Kier alpha value is -1.22. The molecule has 0 fully saturated rings. The van der Waals surface area contributed by atoms with Gasteiger partial charge in [-0.25, -0.2) is 0 Å². The number of azide groups is 1. The molecule has 0 saturated carbocycles. The van der Waals surface area contributed by atoms with Crippen LogP contribution in [0.1, 0.15) is 10.4 Å². The van der Waals surface area contributed by atoms with E-state index in [0.717, 1.165) is 0 Å². The van der Waals surface area contributed by atoms with Crippen LogP contribution >= 0.6 is 23.2 Å². The molecule has 13 heavy (non-hydrogen) atoms. The maximum absolute atomic E-state index is 10.8. The lowest BCUT2D eigenvalue weighted by Crippen LogP contribution is -1.88. The number of nitrogens with zero attached hydrogens (tertiary/aromatic N) is 3. The van der Waals surface area contributed by atoms with Crippen LogP contribution in [0.5, 0.6) is 0 Å². The molecule has 0 bridgehead atoms. The smallest absolute Gasteiger partial charge is 0.252 e. The summed E-state index contributed by atoms with van der Waals surface area (Å²) in [4.78, 5) is 13.3. The third kappa shape index (κ3) is 2.36. The van der Waals surface area contributed by atoms with Gasteiger partial charge in [-0.1, -0.05) is 16.7 Å². The van der Waals surface area contributed by atoms with Crippen LogP contribution in [0.2, 0.25) is 5.02 Å². The molecule has 0 aromatic heterocycles. The summed E-state index contributed by atoms with van der Waals surface area (Å²) in [5.74, 6) is 0. The molecule has 6 heteroatoms. The average molecular weight is 216 g/mol. The van der Waals surface area contributed by atoms with Crippen LogP contribution in [0.25, 0.3) is 10.4 Å². The minimum absolute atomic E-state index is 0.134. The minimum Gasteiger partial charge on any atom is -0.276 e. The summed E-state index contributed by atoms with van der Waals surface area (Å²) in [6.45, 7) is 0. The van der Waals surface area contributed by atoms with Crippen LogP contribution in [0, 0.1) is 0 Å². The van der Waals surface area contributed by atoms with E-state index in [9.17, 15) is 4.79 Å². The first kappa shape index (κ1) is 9.86. The van der Waals surface area contributed by atoms with Crippen LogP contribution in [0.15, 0.2) is 23.3 Å². The lowest BCUT2D eigenvalue weighted by atomic mass is 10.2. The van der Waals surface area contributed by atoms with Crippen molar-refractivity contribution in [2.75, 3.05) is 0 Å². The van der Waals surface area contributed by atoms with Gasteiger partial charge in [0.2, 0.25) is 0 Å². The van der Waals surface area contributed by atoms with Crippen molar-refractivity contribution in [1.29, 1.82) is 0 Å². The molecule has 1 rings (SSSR count). The second kappa shape index (κ2) is 4.14. The van der Waals surface area contributed by atoms with Gasteiger partial charge in [-0.3, -0.25) is 4.79 Å². The first-order chi connectivity index (χ1) is 6.15. The molecular weight excluding hydrogens is 213 g/mol. The van der Waals surface area contributed by atoms with Gasteiger partial charge in [-0.05, 0) is 35.3 Å². The van der Waals surface area contributed by atoms with Crippen LogP contribution in [-0.2, 0) is 0 Å². The molecule has 0 aliphatic rings.